The smallest absolute Gasteiger partial charge is 0.256 e. The molecular formula is C19H25N5O. The topological polar surface area (TPSA) is 78.9 Å². The summed E-state index contributed by atoms with van der Waals surface area (Å²) in [5, 5.41) is 9.32. The minimum atomic E-state index is -0.170. The molecule has 1 aliphatic rings. The lowest BCUT2D eigenvalue weighted by Crippen LogP contribution is -2.24. The van der Waals surface area contributed by atoms with E-state index in [2.05, 4.69) is 38.1 Å². The highest BCUT2D eigenvalue weighted by Crippen LogP contribution is 2.23. The molecule has 6 nitrogen and oxygen atoms in total. The lowest BCUT2D eigenvalue weighted by Gasteiger charge is -2.16. The number of nitrogens with one attached hydrogen (secondary N) is 3. The summed E-state index contributed by atoms with van der Waals surface area (Å²) in [7, 11) is 1.62. The predicted octanol–water partition coefficient (Wildman–Crippen LogP) is 2.85. The summed E-state index contributed by atoms with van der Waals surface area (Å²) in [6.07, 6.45) is 7.17. The molecule has 0 unspecified atom stereocenters. The van der Waals surface area contributed by atoms with Crippen molar-refractivity contribution >= 4 is 17.7 Å². The highest BCUT2D eigenvalue weighted by molar-refractivity contribution is 5.98. The van der Waals surface area contributed by atoms with Crippen LogP contribution in [0.5, 0.6) is 0 Å². The van der Waals surface area contributed by atoms with Crippen LogP contribution in [0.4, 0.5) is 11.8 Å². The zero-order chi connectivity index (χ0) is 17.5. The first kappa shape index (κ1) is 17.2. The maximum absolute atomic E-state index is 12.1. The Hall–Kier alpha value is -2.63. The van der Waals surface area contributed by atoms with Gasteiger partial charge in [-0.25, -0.2) is 4.98 Å². The van der Waals surface area contributed by atoms with E-state index in [1.54, 1.807) is 13.2 Å². The second-order valence-electron chi connectivity index (χ2n) is 6.32. The first-order valence-corrected chi connectivity index (χ1v) is 8.89. The molecule has 0 saturated heterocycles. The van der Waals surface area contributed by atoms with Crippen molar-refractivity contribution in [2.45, 2.75) is 38.1 Å². The summed E-state index contributed by atoms with van der Waals surface area (Å²) in [5.41, 5.74) is 1.75. The average molecular weight is 339 g/mol. The number of hydrogen-bond donors (Lipinski definition) is 3. The SMILES string of the molecule is CNC(=O)c1cnc(NCCc2ccccc2)nc1NC1CCCC1. The number of anilines is 2. The molecule has 0 spiro atoms. The number of aromatic nitrogens is 2. The standard InChI is InChI=1S/C19H25N5O/c1-20-18(25)16-13-22-19(21-12-11-14-7-3-2-4-8-14)24-17(16)23-15-9-5-6-10-15/h2-4,7-8,13,15H,5-6,9-12H2,1H3,(H,20,25)(H2,21,22,23,24). The van der Waals surface area contributed by atoms with Crippen molar-refractivity contribution in [2.75, 3.05) is 24.2 Å². The summed E-state index contributed by atoms with van der Waals surface area (Å²) >= 11 is 0. The molecule has 132 valence electrons. The second kappa shape index (κ2) is 8.46. The van der Waals surface area contributed by atoms with Crippen molar-refractivity contribution in [2.24, 2.45) is 0 Å². The Bertz CT molecular complexity index is 698. The van der Waals surface area contributed by atoms with Gasteiger partial charge in [-0.05, 0) is 24.8 Å². The van der Waals surface area contributed by atoms with Crippen LogP contribution in [-0.4, -0.2) is 35.5 Å². The normalized spacial score (nSPS) is 14.3. The van der Waals surface area contributed by atoms with Gasteiger partial charge in [-0.1, -0.05) is 43.2 Å². The number of nitrogens with zero attached hydrogens (tertiary/aromatic N) is 2. The van der Waals surface area contributed by atoms with Crippen molar-refractivity contribution in [3.63, 3.8) is 0 Å². The maximum atomic E-state index is 12.1. The molecule has 3 rings (SSSR count). The van der Waals surface area contributed by atoms with Gasteiger partial charge in [-0.3, -0.25) is 4.79 Å². The van der Waals surface area contributed by atoms with Gasteiger partial charge in [-0.2, -0.15) is 4.98 Å². The van der Waals surface area contributed by atoms with E-state index >= 15 is 0 Å². The molecule has 1 amide bonds. The number of benzene rings is 1. The molecule has 3 N–H and O–H groups in total. The lowest BCUT2D eigenvalue weighted by atomic mass is 10.1. The fourth-order valence-corrected chi connectivity index (χ4v) is 3.10. The third-order valence-electron chi connectivity index (χ3n) is 4.50. The van der Waals surface area contributed by atoms with Crippen molar-refractivity contribution in [3.8, 4) is 0 Å². The van der Waals surface area contributed by atoms with Crippen molar-refractivity contribution < 1.29 is 4.79 Å². The fourth-order valence-electron chi connectivity index (χ4n) is 3.10. The van der Waals surface area contributed by atoms with Gasteiger partial charge in [0.2, 0.25) is 5.95 Å². The molecule has 0 bridgehead atoms. The summed E-state index contributed by atoms with van der Waals surface area (Å²) in [6, 6.07) is 10.7. The van der Waals surface area contributed by atoms with Crippen LogP contribution in [0.15, 0.2) is 36.5 Å². The van der Waals surface area contributed by atoms with Gasteiger partial charge in [0.25, 0.3) is 5.91 Å². The van der Waals surface area contributed by atoms with Gasteiger partial charge in [0, 0.05) is 25.8 Å². The highest BCUT2D eigenvalue weighted by Gasteiger charge is 2.19. The third kappa shape index (κ3) is 4.68. The van der Waals surface area contributed by atoms with Gasteiger partial charge in [-0.15, -0.1) is 0 Å². The molecular weight excluding hydrogens is 314 g/mol. The summed E-state index contributed by atoms with van der Waals surface area (Å²) in [5.74, 6) is 0.990. The van der Waals surface area contributed by atoms with Crippen LogP contribution in [0.2, 0.25) is 0 Å². The van der Waals surface area contributed by atoms with E-state index in [1.165, 1.54) is 18.4 Å². The van der Waals surface area contributed by atoms with Gasteiger partial charge < -0.3 is 16.0 Å². The Labute approximate surface area is 148 Å². The summed E-state index contributed by atoms with van der Waals surface area (Å²) in [4.78, 5) is 20.9. The Kier molecular flexibility index (Phi) is 5.82. The number of carbonyl (C=O) groups excluding carboxylic acids is 1. The van der Waals surface area contributed by atoms with Crippen LogP contribution in [0.25, 0.3) is 0 Å². The molecule has 1 aromatic heterocycles. The van der Waals surface area contributed by atoms with E-state index in [0.717, 1.165) is 25.8 Å². The molecule has 6 heteroatoms. The highest BCUT2D eigenvalue weighted by atomic mass is 16.1. The molecule has 1 heterocycles. The predicted molar refractivity (Wildman–Crippen MR) is 99.9 cm³/mol. The molecule has 25 heavy (non-hydrogen) atoms. The fraction of sp³-hybridized carbons (Fsp3) is 0.421. The molecule has 1 aliphatic carbocycles. The quantitative estimate of drug-likeness (QED) is 0.723. The van der Waals surface area contributed by atoms with Gasteiger partial charge in [0.15, 0.2) is 0 Å². The zero-order valence-electron chi connectivity index (χ0n) is 14.6. The molecule has 0 atom stereocenters. The minimum Gasteiger partial charge on any atom is -0.367 e. The molecule has 0 radical (unpaired) electrons. The van der Waals surface area contributed by atoms with Crippen molar-refractivity contribution in [1.82, 2.24) is 15.3 Å². The number of amides is 1. The molecule has 0 aliphatic heterocycles. The lowest BCUT2D eigenvalue weighted by molar-refractivity contribution is 0.0963. The van der Waals surface area contributed by atoms with E-state index in [9.17, 15) is 4.79 Å². The third-order valence-corrected chi connectivity index (χ3v) is 4.50. The van der Waals surface area contributed by atoms with E-state index in [0.29, 0.717) is 23.4 Å². The summed E-state index contributed by atoms with van der Waals surface area (Å²) < 4.78 is 0. The van der Waals surface area contributed by atoms with E-state index in [4.69, 9.17) is 0 Å². The number of carbonyl (C=O) groups is 1. The number of rotatable bonds is 7. The van der Waals surface area contributed by atoms with Crippen LogP contribution in [0.1, 0.15) is 41.6 Å². The largest absolute Gasteiger partial charge is 0.367 e. The van der Waals surface area contributed by atoms with E-state index in [-0.39, 0.29) is 5.91 Å². The van der Waals surface area contributed by atoms with Crippen molar-refractivity contribution in [1.29, 1.82) is 0 Å². The first-order chi connectivity index (χ1) is 12.3. The molecule has 2 aromatic rings. The Morgan fingerprint density at radius 2 is 1.96 bits per heavy atom. The van der Waals surface area contributed by atoms with Crippen molar-refractivity contribution in [3.05, 3.63) is 47.7 Å². The molecule has 1 saturated carbocycles. The average Bonchev–Trinajstić information content (AvgIpc) is 3.15. The zero-order valence-corrected chi connectivity index (χ0v) is 14.6. The van der Waals surface area contributed by atoms with Gasteiger partial charge >= 0.3 is 0 Å². The maximum Gasteiger partial charge on any atom is 0.256 e. The van der Waals surface area contributed by atoms with E-state index in [1.807, 2.05) is 18.2 Å². The van der Waals surface area contributed by atoms with Crippen LogP contribution in [0.3, 0.4) is 0 Å². The first-order valence-electron chi connectivity index (χ1n) is 8.89. The van der Waals surface area contributed by atoms with Crippen LogP contribution < -0.4 is 16.0 Å². The molecule has 1 fully saturated rings. The van der Waals surface area contributed by atoms with Crippen LogP contribution >= 0.6 is 0 Å². The Morgan fingerprint density at radius 1 is 1.20 bits per heavy atom. The Balaban J connectivity index is 1.67. The van der Waals surface area contributed by atoms with Gasteiger partial charge in [0.1, 0.15) is 11.4 Å². The second-order valence-corrected chi connectivity index (χ2v) is 6.32. The van der Waals surface area contributed by atoms with E-state index < -0.39 is 0 Å². The van der Waals surface area contributed by atoms with Gasteiger partial charge in [0.05, 0.1) is 0 Å². The summed E-state index contributed by atoms with van der Waals surface area (Å²) in [6.45, 7) is 0.742. The Morgan fingerprint density at radius 3 is 2.68 bits per heavy atom. The van der Waals surface area contributed by atoms with Crippen LogP contribution in [-0.2, 0) is 6.42 Å². The monoisotopic (exact) mass is 339 g/mol. The minimum absolute atomic E-state index is 0.170. The number of hydrogen-bond acceptors (Lipinski definition) is 5. The van der Waals surface area contributed by atoms with Crippen LogP contribution in [0, 0.1) is 0 Å². The molecule has 1 aromatic carbocycles.